The number of halogens is 3. The molecule has 0 aliphatic carbocycles. The van der Waals surface area contributed by atoms with Gasteiger partial charge >= 0.3 is 0 Å². The molecule has 0 unspecified atom stereocenters. The maximum absolute atomic E-state index is 13.1. The first-order valence-electron chi connectivity index (χ1n) is 4.56. The van der Waals surface area contributed by atoms with Gasteiger partial charge in [-0.3, -0.25) is 0 Å². The van der Waals surface area contributed by atoms with Crippen LogP contribution in [-0.2, 0) is 0 Å². The number of benzene rings is 1. The smallest absolute Gasteiger partial charge is 0.137 e. The Balaban J connectivity index is 0.00000196. The van der Waals surface area contributed by atoms with Crippen molar-refractivity contribution in [2.75, 3.05) is 6.54 Å². The first-order chi connectivity index (χ1) is 6.66. The van der Waals surface area contributed by atoms with E-state index in [1.54, 1.807) is 6.07 Å². The van der Waals surface area contributed by atoms with E-state index >= 15 is 0 Å². The van der Waals surface area contributed by atoms with Crippen molar-refractivity contribution < 1.29 is 4.39 Å². The predicted molar refractivity (Wildman–Crippen MR) is 66.6 cm³/mol. The normalized spacial score (nSPS) is 12.0. The molecule has 0 saturated heterocycles. The average molecular weight is 298 g/mol. The quantitative estimate of drug-likeness (QED) is 0.898. The van der Waals surface area contributed by atoms with Crippen LogP contribution in [0.2, 0.25) is 0 Å². The highest BCUT2D eigenvalue weighted by molar-refractivity contribution is 9.10. The van der Waals surface area contributed by atoms with Crippen LogP contribution in [0.25, 0.3) is 0 Å². The van der Waals surface area contributed by atoms with Crippen LogP contribution in [-0.4, -0.2) is 6.54 Å². The summed E-state index contributed by atoms with van der Waals surface area (Å²) in [5, 5.41) is 0. The fourth-order valence-corrected chi connectivity index (χ4v) is 1.86. The van der Waals surface area contributed by atoms with E-state index in [2.05, 4.69) is 15.9 Å². The van der Waals surface area contributed by atoms with Gasteiger partial charge in [0.1, 0.15) is 5.82 Å². The summed E-state index contributed by atoms with van der Waals surface area (Å²) in [6.45, 7) is 0.612. The van der Waals surface area contributed by atoms with E-state index in [9.17, 15) is 4.39 Å². The largest absolute Gasteiger partial charge is 0.330 e. The van der Waals surface area contributed by atoms with E-state index in [0.717, 1.165) is 18.4 Å². The number of nitrogens with two attached hydrogens (primary N) is 2. The fraction of sp³-hybridized carbons (Fsp3) is 0.400. The molecule has 1 rings (SSSR count). The highest BCUT2D eigenvalue weighted by Gasteiger charge is 2.11. The molecule has 4 N–H and O–H groups in total. The topological polar surface area (TPSA) is 52.0 Å². The molecule has 0 aromatic heterocycles. The first kappa shape index (κ1) is 14.8. The second kappa shape index (κ2) is 7.17. The molecule has 0 spiro atoms. The lowest BCUT2D eigenvalue weighted by molar-refractivity contribution is 0.590. The van der Waals surface area contributed by atoms with Gasteiger partial charge in [0, 0.05) is 6.04 Å². The summed E-state index contributed by atoms with van der Waals surface area (Å²) >= 11 is 3.19. The summed E-state index contributed by atoms with van der Waals surface area (Å²) in [4.78, 5) is 0. The van der Waals surface area contributed by atoms with Gasteiger partial charge in [0.2, 0.25) is 0 Å². The highest BCUT2D eigenvalue weighted by atomic mass is 79.9. The van der Waals surface area contributed by atoms with E-state index in [4.69, 9.17) is 11.5 Å². The maximum Gasteiger partial charge on any atom is 0.137 e. The molecular weight excluding hydrogens is 282 g/mol. The molecule has 86 valence electrons. The molecule has 15 heavy (non-hydrogen) atoms. The van der Waals surface area contributed by atoms with Crippen LogP contribution < -0.4 is 11.5 Å². The van der Waals surface area contributed by atoms with Crippen molar-refractivity contribution in [3.05, 3.63) is 34.1 Å². The second-order valence-corrected chi connectivity index (χ2v) is 3.97. The Morgan fingerprint density at radius 2 is 2.07 bits per heavy atom. The summed E-state index contributed by atoms with van der Waals surface area (Å²) in [6.07, 6.45) is 1.63. The van der Waals surface area contributed by atoms with Crippen LogP contribution in [0.5, 0.6) is 0 Å². The van der Waals surface area contributed by atoms with Gasteiger partial charge < -0.3 is 11.5 Å². The molecule has 1 aromatic rings. The minimum atomic E-state index is -0.273. The molecule has 0 heterocycles. The van der Waals surface area contributed by atoms with Crippen molar-refractivity contribution in [1.82, 2.24) is 0 Å². The Morgan fingerprint density at radius 3 is 2.67 bits per heavy atom. The molecular formula is C10H15BrClFN2. The Morgan fingerprint density at radius 1 is 1.40 bits per heavy atom. The summed E-state index contributed by atoms with van der Waals surface area (Å²) in [5.41, 5.74) is 12.1. The van der Waals surface area contributed by atoms with Crippen molar-refractivity contribution in [3.8, 4) is 0 Å². The van der Waals surface area contributed by atoms with Crippen LogP contribution in [0.15, 0.2) is 22.7 Å². The van der Waals surface area contributed by atoms with E-state index in [-0.39, 0.29) is 24.3 Å². The van der Waals surface area contributed by atoms with Crippen LogP contribution in [0.3, 0.4) is 0 Å². The number of hydrogen-bond donors (Lipinski definition) is 2. The van der Waals surface area contributed by atoms with Gasteiger partial charge in [-0.1, -0.05) is 12.1 Å². The highest BCUT2D eigenvalue weighted by Crippen LogP contribution is 2.26. The Bertz CT molecular complexity index is 309. The van der Waals surface area contributed by atoms with E-state index in [0.29, 0.717) is 11.0 Å². The molecule has 1 atom stereocenters. The van der Waals surface area contributed by atoms with Gasteiger partial charge in [-0.25, -0.2) is 4.39 Å². The zero-order chi connectivity index (χ0) is 10.6. The third-order valence-electron chi connectivity index (χ3n) is 2.10. The zero-order valence-electron chi connectivity index (χ0n) is 8.25. The van der Waals surface area contributed by atoms with Gasteiger partial charge in [0.15, 0.2) is 0 Å². The molecule has 0 aliphatic rings. The molecule has 0 fully saturated rings. The zero-order valence-corrected chi connectivity index (χ0v) is 10.7. The third-order valence-corrected chi connectivity index (χ3v) is 2.94. The standard InChI is InChI=1S/C10H14BrFN2.ClH/c11-10-7(3-1-4-8(10)12)9(14)5-2-6-13;/h1,3-4,9H,2,5-6,13-14H2;1H/t9-;/m1./s1. The predicted octanol–water partition coefficient (Wildman–Crippen LogP) is 2.75. The Kier molecular flexibility index (Phi) is 7.09. The average Bonchev–Trinajstić information content (AvgIpc) is 2.18. The van der Waals surface area contributed by atoms with Crippen molar-refractivity contribution in [2.45, 2.75) is 18.9 Å². The van der Waals surface area contributed by atoms with Gasteiger partial charge in [-0.15, -0.1) is 12.4 Å². The van der Waals surface area contributed by atoms with Crippen molar-refractivity contribution >= 4 is 28.3 Å². The molecule has 5 heteroatoms. The lowest BCUT2D eigenvalue weighted by Gasteiger charge is -2.13. The summed E-state index contributed by atoms with van der Waals surface area (Å²) in [6, 6.07) is 4.75. The first-order valence-corrected chi connectivity index (χ1v) is 5.35. The lowest BCUT2D eigenvalue weighted by Crippen LogP contribution is -2.13. The van der Waals surface area contributed by atoms with Crippen LogP contribution in [0, 0.1) is 5.82 Å². The van der Waals surface area contributed by atoms with E-state index < -0.39 is 0 Å². The molecule has 1 aromatic carbocycles. The van der Waals surface area contributed by atoms with E-state index in [1.165, 1.54) is 6.07 Å². The van der Waals surface area contributed by atoms with Gasteiger partial charge in [0.25, 0.3) is 0 Å². The third kappa shape index (κ3) is 4.07. The second-order valence-electron chi connectivity index (χ2n) is 3.18. The van der Waals surface area contributed by atoms with E-state index in [1.807, 2.05) is 6.07 Å². The van der Waals surface area contributed by atoms with Crippen LogP contribution >= 0.6 is 28.3 Å². The minimum absolute atomic E-state index is 0. The Labute approximate surface area is 104 Å². The van der Waals surface area contributed by atoms with Crippen molar-refractivity contribution in [3.63, 3.8) is 0 Å². The van der Waals surface area contributed by atoms with Gasteiger partial charge in [0.05, 0.1) is 4.47 Å². The number of hydrogen-bond acceptors (Lipinski definition) is 2. The summed E-state index contributed by atoms with van der Waals surface area (Å²) in [5.74, 6) is -0.273. The minimum Gasteiger partial charge on any atom is -0.330 e. The summed E-state index contributed by atoms with van der Waals surface area (Å²) in [7, 11) is 0. The molecule has 2 nitrogen and oxygen atoms in total. The molecule has 0 saturated carbocycles. The molecule has 0 bridgehead atoms. The van der Waals surface area contributed by atoms with Gasteiger partial charge in [-0.2, -0.15) is 0 Å². The Hall–Kier alpha value is -0.160. The maximum atomic E-state index is 13.1. The van der Waals surface area contributed by atoms with Crippen molar-refractivity contribution in [2.24, 2.45) is 11.5 Å². The van der Waals surface area contributed by atoms with Crippen LogP contribution in [0.1, 0.15) is 24.4 Å². The van der Waals surface area contributed by atoms with Crippen molar-refractivity contribution in [1.29, 1.82) is 0 Å². The lowest BCUT2D eigenvalue weighted by atomic mass is 10.0. The summed E-state index contributed by atoms with van der Waals surface area (Å²) < 4.78 is 13.6. The fourth-order valence-electron chi connectivity index (χ4n) is 1.30. The monoisotopic (exact) mass is 296 g/mol. The molecule has 0 radical (unpaired) electrons. The molecule has 0 amide bonds. The SMILES string of the molecule is Cl.NCCC[C@@H](N)c1cccc(F)c1Br. The van der Waals surface area contributed by atoms with Crippen LogP contribution in [0.4, 0.5) is 4.39 Å². The van der Waals surface area contributed by atoms with Gasteiger partial charge in [-0.05, 0) is 46.9 Å². The number of rotatable bonds is 4. The molecule has 0 aliphatic heterocycles.